The van der Waals surface area contributed by atoms with Gasteiger partial charge in [-0.1, -0.05) is 12.1 Å². The Morgan fingerprint density at radius 1 is 1.44 bits per heavy atom. The molecule has 0 saturated heterocycles. The number of urea groups is 1. The summed E-state index contributed by atoms with van der Waals surface area (Å²) in [5.74, 6) is 0.628. The molecular formula is C11H17N3O2. The van der Waals surface area contributed by atoms with E-state index in [1.54, 1.807) is 26.2 Å². The molecule has 88 valence electrons. The molecule has 16 heavy (non-hydrogen) atoms. The molecule has 0 aliphatic heterocycles. The minimum atomic E-state index is -0.191. The van der Waals surface area contributed by atoms with Crippen LogP contribution in [-0.4, -0.2) is 38.2 Å². The highest BCUT2D eigenvalue weighted by atomic mass is 16.5. The average Bonchev–Trinajstić information content (AvgIpc) is 2.27. The lowest BCUT2D eigenvalue weighted by Crippen LogP contribution is -2.27. The molecule has 0 radical (unpaired) electrons. The molecule has 0 aromatic heterocycles. The van der Waals surface area contributed by atoms with E-state index in [-0.39, 0.29) is 6.03 Å². The van der Waals surface area contributed by atoms with Crippen molar-refractivity contribution in [3.63, 3.8) is 0 Å². The summed E-state index contributed by atoms with van der Waals surface area (Å²) in [5.41, 5.74) is 6.00. The second-order valence-electron chi connectivity index (χ2n) is 3.46. The number of nitrogens with one attached hydrogen (secondary N) is 1. The standard InChI is InChI=1S/C11H17N3O2/c1-14(2)11(15)13-9-5-3-4-6-10(9)16-8-7-12/h3-6H,7-8,12H2,1-2H3,(H,13,15). The topological polar surface area (TPSA) is 67.6 Å². The Morgan fingerprint density at radius 2 is 2.12 bits per heavy atom. The van der Waals surface area contributed by atoms with Crippen molar-refractivity contribution in [2.24, 2.45) is 5.73 Å². The molecule has 5 nitrogen and oxygen atoms in total. The maximum Gasteiger partial charge on any atom is 0.321 e. The summed E-state index contributed by atoms with van der Waals surface area (Å²) < 4.78 is 5.41. The third kappa shape index (κ3) is 3.43. The highest BCUT2D eigenvalue weighted by Gasteiger charge is 2.08. The Labute approximate surface area is 95.2 Å². The van der Waals surface area contributed by atoms with Crippen molar-refractivity contribution < 1.29 is 9.53 Å². The summed E-state index contributed by atoms with van der Waals surface area (Å²) in [6, 6.07) is 7.06. The number of benzene rings is 1. The molecule has 0 fully saturated rings. The van der Waals surface area contributed by atoms with E-state index in [9.17, 15) is 4.79 Å². The van der Waals surface area contributed by atoms with Crippen LogP contribution in [0.1, 0.15) is 0 Å². The van der Waals surface area contributed by atoms with Gasteiger partial charge in [0, 0.05) is 20.6 Å². The maximum atomic E-state index is 11.5. The lowest BCUT2D eigenvalue weighted by molar-refractivity contribution is 0.230. The predicted octanol–water partition coefficient (Wildman–Crippen LogP) is 1.12. The fraction of sp³-hybridized carbons (Fsp3) is 0.364. The number of nitrogens with zero attached hydrogens (tertiary/aromatic N) is 1. The molecule has 0 bridgehead atoms. The highest BCUT2D eigenvalue weighted by Crippen LogP contribution is 2.23. The van der Waals surface area contributed by atoms with Crippen molar-refractivity contribution in [2.75, 3.05) is 32.6 Å². The molecule has 2 amide bonds. The SMILES string of the molecule is CN(C)C(=O)Nc1ccccc1OCCN. The van der Waals surface area contributed by atoms with E-state index in [0.29, 0.717) is 24.6 Å². The monoisotopic (exact) mass is 223 g/mol. The van der Waals surface area contributed by atoms with Gasteiger partial charge in [0.1, 0.15) is 12.4 Å². The minimum Gasteiger partial charge on any atom is -0.490 e. The van der Waals surface area contributed by atoms with Crippen LogP contribution < -0.4 is 15.8 Å². The Hall–Kier alpha value is -1.75. The van der Waals surface area contributed by atoms with Crippen molar-refractivity contribution >= 4 is 11.7 Å². The van der Waals surface area contributed by atoms with Gasteiger partial charge < -0.3 is 20.7 Å². The Bertz CT molecular complexity index is 353. The molecule has 5 heteroatoms. The summed E-state index contributed by atoms with van der Waals surface area (Å²) in [4.78, 5) is 12.9. The van der Waals surface area contributed by atoms with Crippen molar-refractivity contribution in [1.82, 2.24) is 4.90 Å². The number of carbonyl (C=O) groups excluding carboxylic acids is 1. The van der Waals surface area contributed by atoms with Crippen LogP contribution in [0.5, 0.6) is 5.75 Å². The largest absolute Gasteiger partial charge is 0.490 e. The van der Waals surface area contributed by atoms with E-state index in [0.717, 1.165) is 0 Å². The summed E-state index contributed by atoms with van der Waals surface area (Å²) in [7, 11) is 3.36. The van der Waals surface area contributed by atoms with Gasteiger partial charge in [-0.2, -0.15) is 0 Å². The second kappa shape index (κ2) is 5.97. The summed E-state index contributed by atoms with van der Waals surface area (Å²) in [5, 5.41) is 2.74. The van der Waals surface area contributed by atoms with E-state index >= 15 is 0 Å². The molecule has 0 heterocycles. The van der Waals surface area contributed by atoms with Crippen molar-refractivity contribution in [1.29, 1.82) is 0 Å². The molecule has 1 aromatic carbocycles. The van der Waals surface area contributed by atoms with Crippen LogP contribution in [0.15, 0.2) is 24.3 Å². The molecule has 0 spiro atoms. The zero-order valence-electron chi connectivity index (χ0n) is 9.56. The zero-order chi connectivity index (χ0) is 12.0. The Balaban J connectivity index is 2.74. The normalized spacial score (nSPS) is 9.69. The second-order valence-corrected chi connectivity index (χ2v) is 3.46. The van der Waals surface area contributed by atoms with Crippen LogP contribution >= 0.6 is 0 Å². The summed E-state index contributed by atoms with van der Waals surface area (Å²) in [6.45, 7) is 0.866. The molecule has 0 aliphatic rings. The summed E-state index contributed by atoms with van der Waals surface area (Å²) >= 11 is 0. The van der Waals surface area contributed by atoms with Gasteiger partial charge in [-0.3, -0.25) is 0 Å². The van der Waals surface area contributed by atoms with E-state index < -0.39 is 0 Å². The number of carbonyl (C=O) groups is 1. The third-order valence-electron chi connectivity index (χ3n) is 1.91. The van der Waals surface area contributed by atoms with Crippen molar-refractivity contribution in [3.8, 4) is 5.75 Å². The Kier molecular flexibility index (Phi) is 4.60. The van der Waals surface area contributed by atoms with Gasteiger partial charge in [-0.25, -0.2) is 4.79 Å². The van der Waals surface area contributed by atoms with Crippen LogP contribution in [-0.2, 0) is 0 Å². The van der Waals surface area contributed by atoms with E-state index in [1.165, 1.54) is 4.90 Å². The van der Waals surface area contributed by atoms with E-state index in [4.69, 9.17) is 10.5 Å². The highest BCUT2D eigenvalue weighted by molar-refractivity contribution is 5.90. The lowest BCUT2D eigenvalue weighted by Gasteiger charge is -2.15. The number of amides is 2. The van der Waals surface area contributed by atoms with E-state index in [2.05, 4.69) is 5.32 Å². The molecule has 0 saturated carbocycles. The molecule has 1 rings (SSSR count). The van der Waals surface area contributed by atoms with Gasteiger partial charge in [-0.15, -0.1) is 0 Å². The van der Waals surface area contributed by atoms with Gasteiger partial charge in [0.2, 0.25) is 0 Å². The van der Waals surface area contributed by atoms with E-state index in [1.807, 2.05) is 12.1 Å². The lowest BCUT2D eigenvalue weighted by atomic mass is 10.3. The fourth-order valence-electron chi connectivity index (χ4n) is 1.09. The first-order chi connectivity index (χ1) is 7.65. The average molecular weight is 223 g/mol. The number of nitrogens with two attached hydrogens (primary N) is 1. The first-order valence-corrected chi connectivity index (χ1v) is 5.05. The number of anilines is 1. The number of hydrogen-bond donors (Lipinski definition) is 2. The zero-order valence-corrected chi connectivity index (χ0v) is 9.56. The number of ether oxygens (including phenoxy) is 1. The first-order valence-electron chi connectivity index (χ1n) is 5.05. The van der Waals surface area contributed by atoms with Crippen LogP contribution in [0.3, 0.4) is 0 Å². The van der Waals surface area contributed by atoms with Gasteiger partial charge in [0.25, 0.3) is 0 Å². The van der Waals surface area contributed by atoms with Crippen LogP contribution in [0.4, 0.5) is 10.5 Å². The molecule has 1 aromatic rings. The molecule has 0 aliphatic carbocycles. The molecule has 0 unspecified atom stereocenters. The van der Waals surface area contributed by atoms with Crippen LogP contribution in [0, 0.1) is 0 Å². The van der Waals surface area contributed by atoms with Gasteiger partial charge >= 0.3 is 6.03 Å². The van der Waals surface area contributed by atoms with Crippen molar-refractivity contribution in [3.05, 3.63) is 24.3 Å². The van der Waals surface area contributed by atoms with Gasteiger partial charge in [-0.05, 0) is 12.1 Å². The predicted molar refractivity (Wildman–Crippen MR) is 63.7 cm³/mol. The fourth-order valence-corrected chi connectivity index (χ4v) is 1.09. The van der Waals surface area contributed by atoms with Gasteiger partial charge in [0.15, 0.2) is 0 Å². The maximum absolute atomic E-state index is 11.5. The molecular weight excluding hydrogens is 206 g/mol. The first kappa shape index (κ1) is 12.3. The van der Waals surface area contributed by atoms with Crippen molar-refractivity contribution in [2.45, 2.75) is 0 Å². The van der Waals surface area contributed by atoms with Crippen LogP contribution in [0.25, 0.3) is 0 Å². The number of hydrogen-bond acceptors (Lipinski definition) is 3. The third-order valence-corrected chi connectivity index (χ3v) is 1.91. The minimum absolute atomic E-state index is 0.191. The molecule has 3 N–H and O–H groups in total. The Morgan fingerprint density at radius 3 is 2.75 bits per heavy atom. The smallest absolute Gasteiger partial charge is 0.321 e. The summed E-state index contributed by atoms with van der Waals surface area (Å²) in [6.07, 6.45) is 0. The quantitative estimate of drug-likeness (QED) is 0.803. The number of para-hydroxylation sites is 2. The van der Waals surface area contributed by atoms with Gasteiger partial charge in [0.05, 0.1) is 5.69 Å². The molecule has 0 atom stereocenters. The van der Waals surface area contributed by atoms with Crippen LogP contribution in [0.2, 0.25) is 0 Å². The number of rotatable bonds is 4.